The summed E-state index contributed by atoms with van der Waals surface area (Å²) in [6, 6.07) is 12.9. The molecular weight excluding hydrogens is 316 g/mol. The molecule has 0 spiro atoms. The Kier molecular flexibility index (Phi) is 6.63. The summed E-state index contributed by atoms with van der Waals surface area (Å²) < 4.78 is 18.3. The van der Waals surface area contributed by atoms with Gasteiger partial charge in [-0.1, -0.05) is 0 Å². The number of carbonyl (C=O) groups is 1. The molecule has 0 aliphatic heterocycles. The number of methoxy groups -OCH3 is 1. The number of amides is 1. The molecule has 0 saturated carbocycles. The third kappa shape index (κ3) is 5.40. The Morgan fingerprint density at radius 1 is 1.43 bits per heavy atom. The van der Waals surface area contributed by atoms with Gasteiger partial charge in [0.25, 0.3) is 0 Å². The maximum Gasteiger partial charge on any atom is 0.0770 e. The first-order valence-electron chi connectivity index (χ1n) is 5.85. The monoisotopic (exact) mass is 329 g/mol. The molecule has 2 aromatic carbocycles. The first kappa shape index (κ1) is 16.9. The van der Waals surface area contributed by atoms with E-state index in [0.717, 1.165) is 16.9 Å². The van der Waals surface area contributed by atoms with Crippen LogP contribution < -0.4 is 10.5 Å². The average molecular weight is 330 g/mol. The third-order valence-corrected chi connectivity index (χ3v) is 2.72. The predicted molar refractivity (Wildman–Crippen MR) is 76.9 cm³/mol. The summed E-state index contributed by atoms with van der Waals surface area (Å²) in [4.78, 5) is 10.7. The minimum atomic E-state index is -0.583. The minimum Gasteiger partial charge on any atom is -0.395 e. The van der Waals surface area contributed by atoms with Crippen LogP contribution in [0.25, 0.3) is 11.1 Å². The van der Waals surface area contributed by atoms with E-state index in [1.807, 2.05) is 18.2 Å². The Morgan fingerprint density at radius 3 is 2.62 bits per heavy atom. The van der Waals surface area contributed by atoms with E-state index in [2.05, 4.69) is 33.8 Å². The van der Waals surface area contributed by atoms with Crippen molar-refractivity contribution in [3.05, 3.63) is 60.8 Å². The Morgan fingerprint density at radius 2 is 2.10 bits per heavy atom. The van der Waals surface area contributed by atoms with Crippen molar-refractivity contribution in [2.75, 3.05) is 7.11 Å². The van der Waals surface area contributed by atoms with Crippen molar-refractivity contribution in [1.29, 1.82) is 0 Å². The Bertz CT molecular complexity index is 640. The number of halogens is 1. The molecule has 2 N–H and O–H groups in total. The summed E-state index contributed by atoms with van der Waals surface area (Å²) >= 11 is 4.66. The molecule has 0 fully saturated rings. The summed E-state index contributed by atoms with van der Waals surface area (Å²) in [6.07, 6.45) is 0. The number of benzene rings is 2. The maximum absolute atomic E-state index is 13.2. The quantitative estimate of drug-likeness (QED) is 0.694. The fourth-order valence-electron chi connectivity index (χ4n) is 1.58. The number of rotatable bonds is 3. The summed E-state index contributed by atoms with van der Waals surface area (Å²) in [5.41, 5.74) is 6.75. The number of nitrogens with two attached hydrogens (primary N) is 1. The zero-order valence-corrected chi connectivity index (χ0v) is 12.3. The SMILES string of the molecule is COc1ccc(-c2[c-]ccc(F)c2)c([CH]=[Ni])c1.[CH2-]C(N)=O. The van der Waals surface area contributed by atoms with Crippen LogP contribution in [0.15, 0.2) is 36.4 Å². The van der Waals surface area contributed by atoms with Gasteiger partial charge in [-0.3, -0.25) is 0 Å². The van der Waals surface area contributed by atoms with Gasteiger partial charge >= 0.3 is 107 Å². The summed E-state index contributed by atoms with van der Waals surface area (Å²) in [5, 5.41) is 0. The first-order valence-corrected chi connectivity index (χ1v) is 6.42. The van der Waals surface area contributed by atoms with Crippen LogP contribution in [-0.4, -0.2) is 18.0 Å². The van der Waals surface area contributed by atoms with Crippen molar-refractivity contribution in [3.8, 4) is 16.9 Å². The predicted octanol–water partition coefficient (Wildman–Crippen LogP) is 2.30. The van der Waals surface area contributed by atoms with Crippen LogP contribution in [0, 0.1) is 18.8 Å². The van der Waals surface area contributed by atoms with Crippen LogP contribution in [-0.2, 0) is 19.8 Å². The van der Waals surface area contributed by atoms with Gasteiger partial charge in [-0.15, -0.1) is 0 Å². The summed E-state index contributed by atoms with van der Waals surface area (Å²) in [6.45, 7) is 2.78. The van der Waals surface area contributed by atoms with Crippen molar-refractivity contribution < 1.29 is 29.0 Å². The van der Waals surface area contributed by atoms with Gasteiger partial charge in [-0.25, -0.2) is 0 Å². The molecule has 2 rings (SSSR count). The Hall–Kier alpha value is -2.13. The normalized spacial score (nSPS) is 9.33. The van der Waals surface area contributed by atoms with Crippen LogP contribution in [0.1, 0.15) is 5.56 Å². The second-order valence-electron chi connectivity index (χ2n) is 3.93. The van der Waals surface area contributed by atoms with Gasteiger partial charge in [-0.2, -0.15) is 0 Å². The van der Waals surface area contributed by atoms with Crippen LogP contribution in [0.4, 0.5) is 4.39 Å². The fraction of sp³-hybridized carbons (Fsp3) is 0.0625. The fourth-order valence-corrected chi connectivity index (χ4v) is 1.82. The molecule has 0 aliphatic rings. The van der Waals surface area contributed by atoms with Gasteiger partial charge in [-0.05, 0) is 0 Å². The van der Waals surface area contributed by atoms with Gasteiger partial charge in [0, 0.05) is 0 Å². The van der Waals surface area contributed by atoms with Crippen molar-refractivity contribution in [3.63, 3.8) is 0 Å². The zero-order valence-electron chi connectivity index (χ0n) is 11.3. The topological polar surface area (TPSA) is 52.3 Å². The summed E-state index contributed by atoms with van der Waals surface area (Å²) in [7, 11) is 1.60. The molecule has 114 valence electrons. The van der Waals surface area contributed by atoms with E-state index in [1.165, 1.54) is 12.1 Å². The molecule has 0 radical (unpaired) electrons. The molecule has 0 unspecified atom stereocenters. The average Bonchev–Trinajstić information content (AvgIpc) is 2.46. The Balaban J connectivity index is 0.000000491. The van der Waals surface area contributed by atoms with Crippen molar-refractivity contribution in [2.45, 2.75) is 0 Å². The van der Waals surface area contributed by atoms with Crippen molar-refractivity contribution in [1.82, 2.24) is 0 Å². The van der Waals surface area contributed by atoms with E-state index < -0.39 is 5.91 Å². The van der Waals surface area contributed by atoms with E-state index in [1.54, 1.807) is 18.2 Å². The number of hydrogen-bond acceptors (Lipinski definition) is 2. The first-order chi connectivity index (χ1) is 9.97. The number of primary amides is 1. The van der Waals surface area contributed by atoms with E-state index in [4.69, 9.17) is 9.53 Å². The van der Waals surface area contributed by atoms with Crippen molar-refractivity contribution in [2.24, 2.45) is 5.73 Å². The van der Waals surface area contributed by atoms with Gasteiger partial charge < -0.3 is 17.5 Å². The largest absolute Gasteiger partial charge is 0.395 e. The zero-order chi connectivity index (χ0) is 15.8. The van der Waals surface area contributed by atoms with E-state index in [-0.39, 0.29) is 5.82 Å². The molecule has 0 atom stereocenters. The maximum atomic E-state index is 13.2. The molecule has 3 nitrogen and oxygen atoms in total. The second-order valence-corrected chi connectivity index (χ2v) is 4.22. The molecule has 2 aromatic rings. The molecule has 0 aliphatic carbocycles. The molecular formula is C16H14FNNiO2-2. The third-order valence-electron chi connectivity index (χ3n) is 2.41. The number of ether oxygens (including phenoxy) is 1. The molecule has 0 bridgehead atoms. The Labute approximate surface area is 130 Å². The van der Waals surface area contributed by atoms with Gasteiger partial charge in [0.05, 0.1) is 5.91 Å². The smallest absolute Gasteiger partial charge is 0.0770 e. The van der Waals surface area contributed by atoms with Crippen LogP contribution in [0.3, 0.4) is 0 Å². The molecule has 0 heterocycles. The second kappa shape index (κ2) is 8.23. The van der Waals surface area contributed by atoms with Crippen LogP contribution >= 0.6 is 0 Å². The van der Waals surface area contributed by atoms with Gasteiger partial charge in [0.1, 0.15) is 0 Å². The number of carbonyl (C=O) groups excluding carboxylic acids is 1. The van der Waals surface area contributed by atoms with Gasteiger partial charge in [0.15, 0.2) is 0 Å². The molecule has 0 saturated heterocycles. The van der Waals surface area contributed by atoms with E-state index in [0.29, 0.717) is 5.56 Å². The van der Waals surface area contributed by atoms with Crippen molar-refractivity contribution >= 4 is 10.9 Å². The van der Waals surface area contributed by atoms with Crippen LogP contribution in [0.2, 0.25) is 0 Å². The van der Waals surface area contributed by atoms with E-state index in [9.17, 15) is 4.39 Å². The molecule has 0 aromatic heterocycles. The summed E-state index contributed by atoms with van der Waals surface area (Å²) in [5.74, 6) is -0.137. The molecule has 5 heteroatoms. The standard InChI is InChI=1S/C14H10FO.C2H4NO.Ni/c1-10-8-13(16-2)6-7-14(10)11-4-3-5-12(15)9-11;1-2(3)4;/h1,3,5-9H,2H3;1H2,(H2,3,4);/q2*-1;. The molecule has 21 heavy (non-hydrogen) atoms. The minimum absolute atomic E-state index is 0.284. The van der Waals surface area contributed by atoms with Crippen LogP contribution in [0.5, 0.6) is 5.75 Å². The molecule has 1 amide bonds. The van der Waals surface area contributed by atoms with Gasteiger partial charge in [0.2, 0.25) is 0 Å². The number of hydrogen-bond donors (Lipinski definition) is 1. The van der Waals surface area contributed by atoms with E-state index >= 15 is 0 Å².